The summed E-state index contributed by atoms with van der Waals surface area (Å²) in [5, 5.41) is 3.22. The molecule has 1 amide bonds. The molecule has 0 bridgehead atoms. The van der Waals surface area contributed by atoms with E-state index in [4.69, 9.17) is 0 Å². The number of nitrogens with zero attached hydrogens (tertiary/aromatic N) is 1. The average molecular weight is 260 g/mol. The Hall–Kier alpha value is -1.35. The van der Waals surface area contributed by atoms with Crippen molar-refractivity contribution in [1.82, 2.24) is 10.2 Å². The molecule has 3 heteroatoms. The molecule has 1 atom stereocenters. The van der Waals surface area contributed by atoms with Crippen molar-refractivity contribution < 1.29 is 4.79 Å². The molecule has 1 fully saturated rings. The second-order valence-corrected chi connectivity index (χ2v) is 5.62. The lowest BCUT2D eigenvalue weighted by Gasteiger charge is -2.33. The molecular formula is C16H24N2O. The maximum absolute atomic E-state index is 12.5. The Balaban J connectivity index is 2.08. The summed E-state index contributed by atoms with van der Waals surface area (Å²) in [7, 11) is 1.98. The predicted octanol–water partition coefficient (Wildman–Crippen LogP) is 2.38. The normalized spacial score (nSPS) is 19.5. The number of piperidine rings is 1. The molecule has 1 heterocycles. The van der Waals surface area contributed by atoms with Crippen molar-refractivity contribution in [1.29, 1.82) is 0 Å². The molecule has 1 N–H and O–H groups in total. The van der Waals surface area contributed by atoms with Crippen LogP contribution in [-0.2, 0) is 0 Å². The second kappa shape index (κ2) is 6.20. The molecule has 0 aliphatic carbocycles. The molecule has 1 saturated heterocycles. The van der Waals surface area contributed by atoms with Crippen LogP contribution in [0.15, 0.2) is 18.2 Å². The number of carbonyl (C=O) groups excluding carboxylic acids is 1. The minimum atomic E-state index is 0.184. The van der Waals surface area contributed by atoms with Crippen molar-refractivity contribution in [3.05, 3.63) is 34.9 Å². The number of hydrogen-bond donors (Lipinski definition) is 1. The van der Waals surface area contributed by atoms with Crippen LogP contribution in [0.4, 0.5) is 0 Å². The van der Waals surface area contributed by atoms with Gasteiger partial charge in [-0.05, 0) is 69.5 Å². The summed E-state index contributed by atoms with van der Waals surface area (Å²) in [5.74, 6) is 0.776. The SMILES string of the molecule is CNCC1CCCN(C(=O)c2ccc(C)c(C)c2)C1. The van der Waals surface area contributed by atoms with Gasteiger partial charge < -0.3 is 10.2 Å². The monoisotopic (exact) mass is 260 g/mol. The molecule has 1 aromatic carbocycles. The molecule has 0 saturated carbocycles. The Morgan fingerprint density at radius 3 is 2.84 bits per heavy atom. The first-order valence-corrected chi connectivity index (χ1v) is 7.13. The van der Waals surface area contributed by atoms with E-state index in [2.05, 4.69) is 19.2 Å². The zero-order valence-corrected chi connectivity index (χ0v) is 12.2. The van der Waals surface area contributed by atoms with E-state index < -0.39 is 0 Å². The summed E-state index contributed by atoms with van der Waals surface area (Å²) >= 11 is 0. The van der Waals surface area contributed by atoms with E-state index in [0.717, 1.165) is 31.6 Å². The van der Waals surface area contributed by atoms with E-state index in [1.165, 1.54) is 17.5 Å². The standard InChI is InChI=1S/C16H24N2O/c1-12-6-7-15(9-13(12)2)16(19)18-8-4-5-14(11-18)10-17-3/h6-7,9,14,17H,4-5,8,10-11H2,1-3H3. The Labute approximate surface area is 116 Å². The van der Waals surface area contributed by atoms with Crippen molar-refractivity contribution in [2.24, 2.45) is 5.92 Å². The fraction of sp³-hybridized carbons (Fsp3) is 0.562. The first kappa shape index (κ1) is 14.1. The van der Waals surface area contributed by atoms with Gasteiger partial charge >= 0.3 is 0 Å². The predicted molar refractivity (Wildman–Crippen MR) is 78.5 cm³/mol. The molecule has 1 unspecified atom stereocenters. The van der Waals surface area contributed by atoms with Crippen molar-refractivity contribution >= 4 is 5.91 Å². The lowest BCUT2D eigenvalue weighted by molar-refractivity contribution is 0.0674. The van der Waals surface area contributed by atoms with Gasteiger partial charge in [0.15, 0.2) is 0 Å². The van der Waals surface area contributed by atoms with Crippen molar-refractivity contribution in [3.8, 4) is 0 Å². The molecule has 1 aliphatic heterocycles. The number of likely N-dealkylation sites (tertiary alicyclic amines) is 1. The first-order valence-electron chi connectivity index (χ1n) is 7.13. The quantitative estimate of drug-likeness (QED) is 0.905. The van der Waals surface area contributed by atoms with Gasteiger partial charge in [0.05, 0.1) is 0 Å². The van der Waals surface area contributed by atoms with E-state index in [1.807, 2.05) is 30.1 Å². The third-order valence-corrected chi connectivity index (χ3v) is 4.05. The second-order valence-electron chi connectivity index (χ2n) is 5.62. The lowest BCUT2D eigenvalue weighted by Crippen LogP contribution is -2.42. The first-order chi connectivity index (χ1) is 9.11. The lowest BCUT2D eigenvalue weighted by atomic mass is 9.97. The van der Waals surface area contributed by atoms with E-state index in [0.29, 0.717) is 5.92 Å². The van der Waals surface area contributed by atoms with Crippen LogP contribution < -0.4 is 5.32 Å². The molecule has 104 valence electrons. The van der Waals surface area contributed by atoms with Crippen LogP contribution in [0, 0.1) is 19.8 Å². The summed E-state index contributed by atoms with van der Waals surface area (Å²) in [5.41, 5.74) is 3.26. The fourth-order valence-corrected chi connectivity index (χ4v) is 2.76. The maximum atomic E-state index is 12.5. The largest absolute Gasteiger partial charge is 0.338 e. The van der Waals surface area contributed by atoms with Crippen LogP contribution in [0.5, 0.6) is 0 Å². The smallest absolute Gasteiger partial charge is 0.253 e. The summed E-state index contributed by atoms with van der Waals surface area (Å²) in [6.07, 6.45) is 2.33. The zero-order chi connectivity index (χ0) is 13.8. The highest BCUT2D eigenvalue weighted by Crippen LogP contribution is 2.19. The molecule has 3 nitrogen and oxygen atoms in total. The number of aryl methyl sites for hydroxylation is 2. The number of rotatable bonds is 3. The number of nitrogens with one attached hydrogen (secondary N) is 1. The molecule has 19 heavy (non-hydrogen) atoms. The maximum Gasteiger partial charge on any atom is 0.253 e. The Morgan fingerprint density at radius 2 is 2.16 bits per heavy atom. The van der Waals surface area contributed by atoms with Crippen LogP contribution >= 0.6 is 0 Å². The van der Waals surface area contributed by atoms with Gasteiger partial charge in [0.1, 0.15) is 0 Å². The van der Waals surface area contributed by atoms with Gasteiger partial charge in [-0.25, -0.2) is 0 Å². The molecule has 0 aromatic heterocycles. The Bertz CT molecular complexity index is 454. The molecule has 0 radical (unpaired) electrons. The molecular weight excluding hydrogens is 236 g/mol. The highest BCUT2D eigenvalue weighted by Gasteiger charge is 2.24. The van der Waals surface area contributed by atoms with Gasteiger partial charge in [-0.3, -0.25) is 4.79 Å². The van der Waals surface area contributed by atoms with Gasteiger partial charge in [-0.15, -0.1) is 0 Å². The van der Waals surface area contributed by atoms with E-state index in [9.17, 15) is 4.79 Å². The van der Waals surface area contributed by atoms with Crippen LogP contribution in [-0.4, -0.2) is 37.5 Å². The summed E-state index contributed by atoms with van der Waals surface area (Å²) < 4.78 is 0. The molecule has 1 aliphatic rings. The summed E-state index contributed by atoms with van der Waals surface area (Å²) in [6.45, 7) is 6.91. The fourth-order valence-electron chi connectivity index (χ4n) is 2.76. The number of hydrogen-bond acceptors (Lipinski definition) is 2. The highest BCUT2D eigenvalue weighted by molar-refractivity contribution is 5.94. The van der Waals surface area contributed by atoms with Crippen LogP contribution in [0.1, 0.15) is 34.3 Å². The third-order valence-electron chi connectivity index (χ3n) is 4.05. The zero-order valence-electron chi connectivity index (χ0n) is 12.2. The van der Waals surface area contributed by atoms with Gasteiger partial charge in [0, 0.05) is 18.7 Å². The molecule has 0 spiro atoms. The minimum Gasteiger partial charge on any atom is -0.338 e. The third kappa shape index (κ3) is 3.35. The summed E-state index contributed by atoms with van der Waals surface area (Å²) in [6, 6.07) is 6.00. The summed E-state index contributed by atoms with van der Waals surface area (Å²) in [4.78, 5) is 14.5. The Kier molecular flexibility index (Phi) is 4.59. The van der Waals surface area contributed by atoms with Crippen molar-refractivity contribution in [2.75, 3.05) is 26.7 Å². The van der Waals surface area contributed by atoms with Gasteiger partial charge in [-0.2, -0.15) is 0 Å². The van der Waals surface area contributed by atoms with Gasteiger partial charge in [0.25, 0.3) is 5.91 Å². The topological polar surface area (TPSA) is 32.3 Å². The molecule has 2 rings (SSSR count). The molecule has 1 aromatic rings. The van der Waals surface area contributed by atoms with E-state index >= 15 is 0 Å². The number of carbonyl (C=O) groups is 1. The van der Waals surface area contributed by atoms with E-state index in [-0.39, 0.29) is 5.91 Å². The van der Waals surface area contributed by atoms with Crippen LogP contribution in [0.3, 0.4) is 0 Å². The van der Waals surface area contributed by atoms with Crippen LogP contribution in [0.2, 0.25) is 0 Å². The van der Waals surface area contributed by atoms with Crippen LogP contribution in [0.25, 0.3) is 0 Å². The Morgan fingerprint density at radius 1 is 1.37 bits per heavy atom. The van der Waals surface area contributed by atoms with E-state index in [1.54, 1.807) is 0 Å². The highest BCUT2D eigenvalue weighted by atomic mass is 16.2. The average Bonchev–Trinajstić information content (AvgIpc) is 2.42. The minimum absolute atomic E-state index is 0.184. The van der Waals surface area contributed by atoms with Crippen molar-refractivity contribution in [3.63, 3.8) is 0 Å². The van der Waals surface area contributed by atoms with Gasteiger partial charge in [0.2, 0.25) is 0 Å². The van der Waals surface area contributed by atoms with Gasteiger partial charge in [-0.1, -0.05) is 6.07 Å². The number of amides is 1. The van der Waals surface area contributed by atoms with Crippen molar-refractivity contribution in [2.45, 2.75) is 26.7 Å². The number of benzene rings is 1.